The molecule has 2 aromatic heterocycles. The molecule has 3 nitrogen and oxygen atoms in total. The van der Waals surface area contributed by atoms with Crippen LogP contribution in [0.2, 0.25) is 0 Å². The van der Waals surface area contributed by atoms with E-state index in [1.165, 1.54) is 16.7 Å². The Balaban J connectivity index is 1.69. The Morgan fingerprint density at radius 2 is 2.00 bits per heavy atom. The van der Waals surface area contributed by atoms with Crippen LogP contribution in [0.5, 0.6) is 0 Å². The summed E-state index contributed by atoms with van der Waals surface area (Å²) >= 11 is 3.32. The number of benzene rings is 1. The van der Waals surface area contributed by atoms with E-state index in [0.29, 0.717) is 0 Å². The van der Waals surface area contributed by atoms with Crippen molar-refractivity contribution in [1.29, 1.82) is 0 Å². The summed E-state index contributed by atoms with van der Waals surface area (Å²) < 4.78 is 0. The minimum Gasteiger partial charge on any atom is -0.257 e. The Morgan fingerprint density at radius 1 is 1.20 bits per heavy atom. The smallest absolute Gasteiger partial charge is 0.209 e. The Labute approximate surface area is 126 Å². The van der Waals surface area contributed by atoms with E-state index in [1.54, 1.807) is 23.1 Å². The molecule has 1 N–H and O–H groups in total. The second kappa shape index (κ2) is 5.81. The van der Waals surface area contributed by atoms with Crippen molar-refractivity contribution in [2.24, 2.45) is 0 Å². The molecule has 0 spiro atoms. The zero-order chi connectivity index (χ0) is 13.9. The van der Waals surface area contributed by atoms with Gasteiger partial charge < -0.3 is 0 Å². The Kier molecular flexibility index (Phi) is 3.89. The Hall–Kier alpha value is -1.59. The average Bonchev–Trinajstić information content (AvgIpc) is 3.06. The summed E-state index contributed by atoms with van der Waals surface area (Å²) in [5, 5.41) is 10.1. The number of nitrogens with zero attached hydrogens (tertiary/aromatic N) is 2. The van der Waals surface area contributed by atoms with E-state index >= 15 is 0 Å². The summed E-state index contributed by atoms with van der Waals surface area (Å²) in [4.78, 5) is 5.64. The van der Waals surface area contributed by atoms with Crippen molar-refractivity contribution in [2.75, 3.05) is 0 Å². The van der Waals surface area contributed by atoms with Gasteiger partial charge in [-0.25, -0.2) is 4.98 Å². The molecule has 3 aromatic rings. The molecule has 0 aliphatic heterocycles. The van der Waals surface area contributed by atoms with Crippen molar-refractivity contribution in [3.63, 3.8) is 0 Å². The number of aromatic amines is 1. The highest BCUT2D eigenvalue weighted by atomic mass is 32.2. The zero-order valence-corrected chi connectivity index (χ0v) is 13.0. The molecular weight excluding hydrogens is 286 g/mol. The van der Waals surface area contributed by atoms with Gasteiger partial charge in [0, 0.05) is 5.75 Å². The largest absolute Gasteiger partial charge is 0.257 e. The third-order valence-electron chi connectivity index (χ3n) is 2.87. The first-order chi connectivity index (χ1) is 9.70. The van der Waals surface area contributed by atoms with Crippen LogP contribution in [0, 0.1) is 13.8 Å². The van der Waals surface area contributed by atoms with Gasteiger partial charge in [0.05, 0.1) is 4.88 Å². The number of hydrogen-bond acceptors (Lipinski definition) is 4. The molecule has 0 atom stereocenters. The number of hydrogen-bond donors (Lipinski definition) is 1. The maximum absolute atomic E-state index is 4.52. The molecule has 1 aromatic carbocycles. The summed E-state index contributed by atoms with van der Waals surface area (Å²) in [6.07, 6.45) is 0. The molecule has 0 amide bonds. The fourth-order valence-electron chi connectivity index (χ4n) is 2.13. The summed E-state index contributed by atoms with van der Waals surface area (Å²) in [7, 11) is 0. The molecule has 0 saturated heterocycles. The molecule has 0 saturated carbocycles. The van der Waals surface area contributed by atoms with Gasteiger partial charge in [-0.3, -0.25) is 5.10 Å². The van der Waals surface area contributed by atoms with Crippen molar-refractivity contribution in [3.05, 3.63) is 52.4 Å². The number of nitrogens with one attached hydrogen (secondary N) is 1. The van der Waals surface area contributed by atoms with Crippen LogP contribution in [0.4, 0.5) is 0 Å². The van der Waals surface area contributed by atoms with Gasteiger partial charge in [-0.05, 0) is 30.9 Å². The molecule has 2 heterocycles. The van der Waals surface area contributed by atoms with Crippen molar-refractivity contribution in [1.82, 2.24) is 15.2 Å². The summed E-state index contributed by atoms with van der Waals surface area (Å²) in [6, 6.07) is 10.7. The van der Waals surface area contributed by atoms with Crippen molar-refractivity contribution >= 4 is 23.1 Å². The average molecular weight is 301 g/mol. The summed E-state index contributed by atoms with van der Waals surface area (Å²) in [5.41, 5.74) is 3.92. The van der Waals surface area contributed by atoms with Gasteiger partial charge in [0.2, 0.25) is 5.16 Å². The SMILES string of the molecule is Cc1cc(C)cc(CSc2n[nH]c(-c3cccs3)n2)c1. The molecule has 3 rings (SSSR count). The van der Waals surface area contributed by atoms with E-state index in [9.17, 15) is 0 Å². The molecule has 0 bridgehead atoms. The lowest BCUT2D eigenvalue weighted by Crippen LogP contribution is -1.86. The molecule has 0 fully saturated rings. The lowest BCUT2D eigenvalue weighted by atomic mass is 10.1. The second-order valence-electron chi connectivity index (χ2n) is 4.73. The first-order valence-corrected chi connectivity index (χ1v) is 8.23. The van der Waals surface area contributed by atoms with Gasteiger partial charge in [-0.1, -0.05) is 47.2 Å². The quantitative estimate of drug-likeness (QED) is 0.724. The van der Waals surface area contributed by atoms with Gasteiger partial charge in [-0.15, -0.1) is 16.4 Å². The van der Waals surface area contributed by atoms with Gasteiger partial charge in [0.25, 0.3) is 0 Å². The fraction of sp³-hybridized carbons (Fsp3) is 0.200. The topological polar surface area (TPSA) is 41.6 Å². The molecule has 0 unspecified atom stereocenters. The predicted octanol–water partition coefficient (Wildman–Crippen LogP) is 4.44. The van der Waals surface area contributed by atoms with Gasteiger partial charge in [-0.2, -0.15) is 0 Å². The molecule has 0 radical (unpaired) electrons. The third kappa shape index (κ3) is 3.11. The lowest BCUT2D eigenvalue weighted by Gasteiger charge is -2.02. The first kappa shape index (κ1) is 13.4. The first-order valence-electron chi connectivity index (χ1n) is 6.37. The van der Waals surface area contributed by atoms with Gasteiger partial charge >= 0.3 is 0 Å². The van der Waals surface area contributed by atoms with Crippen LogP contribution in [0.3, 0.4) is 0 Å². The molecule has 20 heavy (non-hydrogen) atoms. The molecule has 102 valence electrons. The second-order valence-corrected chi connectivity index (χ2v) is 6.62. The van der Waals surface area contributed by atoms with Crippen LogP contribution < -0.4 is 0 Å². The van der Waals surface area contributed by atoms with E-state index in [-0.39, 0.29) is 0 Å². The third-order valence-corrected chi connectivity index (χ3v) is 4.66. The van der Waals surface area contributed by atoms with Crippen LogP contribution >= 0.6 is 23.1 Å². The van der Waals surface area contributed by atoms with Crippen molar-refractivity contribution in [2.45, 2.75) is 24.8 Å². The molecule has 0 aliphatic carbocycles. The summed E-state index contributed by atoms with van der Waals surface area (Å²) in [5.74, 6) is 1.74. The Morgan fingerprint density at radius 3 is 2.70 bits per heavy atom. The van der Waals surface area contributed by atoms with Crippen LogP contribution in [0.25, 0.3) is 10.7 Å². The monoisotopic (exact) mass is 301 g/mol. The van der Waals surface area contributed by atoms with E-state index in [1.807, 2.05) is 17.5 Å². The van der Waals surface area contributed by atoms with Crippen molar-refractivity contribution in [3.8, 4) is 10.7 Å². The lowest BCUT2D eigenvalue weighted by molar-refractivity contribution is 0.973. The van der Waals surface area contributed by atoms with E-state index in [0.717, 1.165) is 21.6 Å². The normalized spacial score (nSPS) is 10.9. The number of aromatic nitrogens is 3. The molecule has 5 heteroatoms. The Bertz CT molecular complexity index is 681. The maximum atomic E-state index is 4.52. The maximum Gasteiger partial charge on any atom is 0.209 e. The molecule has 0 aliphatic rings. The highest BCUT2D eigenvalue weighted by Gasteiger charge is 2.07. The number of aryl methyl sites for hydroxylation is 2. The number of thioether (sulfide) groups is 1. The highest BCUT2D eigenvalue weighted by molar-refractivity contribution is 7.98. The highest BCUT2D eigenvalue weighted by Crippen LogP contribution is 2.25. The number of thiophene rings is 1. The number of H-pyrrole nitrogens is 1. The van der Waals surface area contributed by atoms with E-state index < -0.39 is 0 Å². The number of rotatable bonds is 4. The van der Waals surface area contributed by atoms with Gasteiger partial charge in [0.1, 0.15) is 0 Å². The van der Waals surface area contributed by atoms with Crippen LogP contribution in [0.15, 0.2) is 40.9 Å². The molecular formula is C15H15N3S2. The van der Waals surface area contributed by atoms with E-state index in [4.69, 9.17) is 0 Å². The summed E-state index contributed by atoms with van der Waals surface area (Å²) in [6.45, 7) is 4.26. The zero-order valence-electron chi connectivity index (χ0n) is 11.4. The predicted molar refractivity (Wildman–Crippen MR) is 85.2 cm³/mol. The van der Waals surface area contributed by atoms with Crippen molar-refractivity contribution < 1.29 is 0 Å². The van der Waals surface area contributed by atoms with Crippen LogP contribution in [0.1, 0.15) is 16.7 Å². The fourth-order valence-corrected chi connectivity index (χ4v) is 3.53. The minimum atomic E-state index is 0.799. The van der Waals surface area contributed by atoms with Crippen LogP contribution in [-0.4, -0.2) is 15.2 Å². The minimum absolute atomic E-state index is 0.799. The van der Waals surface area contributed by atoms with Crippen LogP contribution in [-0.2, 0) is 5.75 Å². The standard InChI is InChI=1S/C15H15N3S2/c1-10-6-11(2)8-12(7-10)9-20-15-16-14(17-18-15)13-4-3-5-19-13/h3-8H,9H2,1-2H3,(H,16,17,18). The van der Waals surface area contributed by atoms with E-state index in [2.05, 4.69) is 47.2 Å². The van der Waals surface area contributed by atoms with Gasteiger partial charge in [0.15, 0.2) is 5.82 Å².